The molecule has 0 aromatic heterocycles. The van der Waals surface area contributed by atoms with Gasteiger partial charge in [-0.1, -0.05) is 15.9 Å². The summed E-state index contributed by atoms with van der Waals surface area (Å²) in [7, 11) is 0. The van der Waals surface area contributed by atoms with Gasteiger partial charge in [-0.2, -0.15) is 0 Å². The first-order chi connectivity index (χ1) is 9.79. The highest BCUT2D eigenvalue weighted by Gasteiger charge is 2.17. The van der Waals surface area contributed by atoms with Crippen LogP contribution in [-0.2, 0) is 0 Å². The number of hydrogen-bond donors (Lipinski definition) is 2. The summed E-state index contributed by atoms with van der Waals surface area (Å²) in [6.07, 6.45) is 0. The number of nitrogens with two attached hydrogens (primary N) is 1. The lowest BCUT2D eigenvalue weighted by atomic mass is 10.1. The van der Waals surface area contributed by atoms with Crippen molar-refractivity contribution >= 4 is 65.1 Å². The average molecular weight is 481 g/mol. The second kappa shape index (κ2) is 6.46. The summed E-state index contributed by atoms with van der Waals surface area (Å²) < 4.78 is 16.2. The van der Waals surface area contributed by atoms with Crippen LogP contribution in [0.2, 0.25) is 0 Å². The van der Waals surface area contributed by atoms with Crippen LogP contribution >= 0.6 is 47.8 Å². The van der Waals surface area contributed by atoms with Crippen molar-refractivity contribution in [3.63, 3.8) is 0 Å². The van der Waals surface area contributed by atoms with E-state index in [-0.39, 0.29) is 5.56 Å². The number of hydrogen-bond acceptors (Lipinski definition) is 2. The summed E-state index contributed by atoms with van der Waals surface area (Å²) in [5.74, 6) is -1.14. The fraction of sp³-hybridized carbons (Fsp3) is 0.0714. The molecule has 1 amide bonds. The van der Waals surface area contributed by atoms with Gasteiger partial charge < -0.3 is 11.1 Å². The molecular formula is C14H10Br3FN2O. The minimum Gasteiger partial charge on any atom is -0.399 e. The number of amides is 1. The first kappa shape index (κ1) is 16.5. The fourth-order valence-corrected chi connectivity index (χ4v) is 4.26. The molecule has 0 saturated carbocycles. The third-order valence-corrected chi connectivity index (χ3v) is 4.48. The molecule has 110 valence electrons. The minimum atomic E-state index is -0.578. The third-order valence-electron chi connectivity index (χ3n) is 2.77. The van der Waals surface area contributed by atoms with E-state index in [1.807, 2.05) is 0 Å². The van der Waals surface area contributed by atoms with E-state index < -0.39 is 11.7 Å². The SMILES string of the molecule is Cc1cc(N)cc(C(=O)Nc2c(Br)cc(Br)cc2Br)c1F. The van der Waals surface area contributed by atoms with E-state index in [1.165, 1.54) is 12.1 Å². The lowest BCUT2D eigenvalue weighted by Crippen LogP contribution is -2.15. The van der Waals surface area contributed by atoms with Crippen LogP contribution in [0.15, 0.2) is 37.7 Å². The van der Waals surface area contributed by atoms with Crippen molar-refractivity contribution < 1.29 is 9.18 Å². The van der Waals surface area contributed by atoms with E-state index in [4.69, 9.17) is 5.73 Å². The second-order valence-corrected chi connectivity index (χ2v) is 7.02. The fourth-order valence-electron chi connectivity index (χ4n) is 1.81. The number of rotatable bonds is 2. The standard InChI is InChI=1S/C14H10Br3FN2O/c1-6-2-8(19)5-9(12(6)18)14(21)20-13-10(16)3-7(15)4-11(13)17/h2-5H,19H2,1H3,(H,20,21). The molecule has 2 aromatic carbocycles. The van der Waals surface area contributed by atoms with E-state index in [0.717, 1.165) is 4.47 Å². The molecule has 2 aromatic rings. The Morgan fingerprint density at radius 1 is 1.14 bits per heavy atom. The Labute approximate surface area is 146 Å². The van der Waals surface area contributed by atoms with Crippen molar-refractivity contribution in [1.82, 2.24) is 0 Å². The molecule has 0 aliphatic carbocycles. The Balaban J connectivity index is 2.40. The van der Waals surface area contributed by atoms with Gasteiger partial charge >= 0.3 is 0 Å². The summed E-state index contributed by atoms with van der Waals surface area (Å²) in [5.41, 5.74) is 6.76. The Bertz CT molecular complexity index is 711. The summed E-state index contributed by atoms with van der Waals surface area (Å²) >= 11 is 10.0. The summed E-state index contributed by atoms with van der Waals surface area (Å²) in [5, 5.41) is 2.67. The number of aryl methyl sites for hydroxylation is 1. The molecular weight excluding hydrogens is 471 g/mol. The minimum absolute atomic E-state index is 0.0887. The number of carbonyl (C=O) groups excluding carboxylic acids is 1. The Kier molecular flexibility index (Phi) is 5.06. The molecule has 3 N–H and O–H groups in total. The lowest BCUT2D eigenvalue weighted by Gasteiger charge is -2.12. The van der Waals surface area contributed by atoms with Gasteiger partial charge in [0.2, 0.25) is 0 Å². The third kappa shape index (κ3) is 3.64. The van der Waals surface area contributed by atoms with Crippen LogP contribution in [-0.4, -0.2) is 5.91 Å². The monoisotopic (exact) mass is 478 g/mol. The van der Waals surface area contributed by atoms with Gasteiger partial charge in [0.15, 0.2) is 0 Å². The first-order valence-electron chi connectivity index (χ1n) is 5.81. The van der Waals surface area contributed by atoms with Crippen LogP contribution in [0.4, 0.5) is 15.8 Å². The van der Waals surface area contributed by atoms with Gasteiger partial charge in [0, 0.05) is 19.1 Å². The van der Waals surface area contributed by atoms with E-state index >= 15 is 0 Å². The summed E-state index contributed by atoms with van der Waals surface area (Å²) in [4.78, 5) is 12.3. The lowest BCUT2D eigenvalue weighted by molar-refractivity contribution is 0.102. The molecule has 0 atom stereocenters. The Hall–Kier alpha value is -0.920. The molecule has 0 spiro atoms. The molecule has 0 aliphatic rings. The predicted molar refractivity (Wildman–Crippen MR) is 93.0 cm³/mol. The van der Waals surface area contributed by atoms with Crippen LogP contribution in [0.1, 0.15) is 15.9 Å². The van der Waals surface area contributed by atoms with Crippen LogP contribution in [0.25, 0.3) is 0 Å². The Morgan fingerprint density at radius 3 is 2.29 bits per heavy atom. The van der Waals surface area contributed by atoms with Gasteiger partial charge in [0.1, 0.15) is 5.82 Å². The first-order valence-corrected chi connectivity index (χ1v) is 8.19. The van der Waals surface area contributed by atoms with E-state index in [0.29, 0.717) is 25.9 Å². The van der Waals surface area contributed by atoms with Crippen LogP contribution < -0.4 is 11.1 Å². The van der Waals surface area contributed by atoms with Crippen molar-refractivity contribution in [3.8, 4) is 0 Å². The van der Waals surface area contributed by atoms with Crippen LogP contribution in [0.5, 0.6) is 0 Å². The van der Waals surface area contributed by atoms with Gasteiger partial charge in [0.05, 0.1) is 11.3 Å². The Morgan fingerprint density at radius 2 is 1.71 bits per heavy atom. The normalized spacial score (nSPS) is 10.5. The maximum atomic E-state index is 14.1. The maximum Gasteiger partial charge on any atom is 0.258 e. The molecule has 0 heterocycles. The zero-order chi connectivity index (χ0) is 15.7. The molecule has 0 saturated heterocycles. The molecule has 0 fully saturated rings. The topological polar surface area (TPSA) is 55.1 Å². The molecule has 3 nitrogen and oxygen atoms in total. The quantitative estimate of drug-likeness (QED) is 0.576. The van der Waals surface area contributed by atoms with Gasteiger partial charge in [-0.15, -0.1) is 0 Å². The smallest absolute Gasteiger partial charge is 0.258 e. The van der Waals surface area contributed by atoms with E-state index in [2.05, 4.69) is 53.1 Å². The summed E-state index contributed by atoms with van der Waals surface area (Å²) in [6.45, 7) is 1.56. The molecule has 7 heteroatoms. The van der Waals surface area contributed by atoms with Crippen molar-refractivity contribution in [2.75, 3.05) is 11.1 Å². The number of anilines is 2. The second-order valence-electron chi connectivity index (χ2n) is 4.40. The highest BCUT2D eigenvalue weighted by molar-refractivity contribution is 9.11. The van der Waals surface area contributed by atoms with Crippen LogP contribution in [0, 0.1) is 12.7 Å². The predicted octanol–water partition coefficient (Wildman–Crippen LogP) is 5.26. The highest BCUT2D eigenvalue weighted by Crippen LogP contribution is 2.34. The molecule has 0 bridgehead atoms. The molecule has 0 unspecified atom stereocenters. The zero-order valence-corrected chi connectivity index (χ0v) is 15.6. The van der Waals surface area contributed by atoms with Gasteiger partial charge in [0.25, 0.3) is 5.91 Å². The van der Waals surface area contributed by atoms with Gasteiger partial charge in [-0.25, -0.2) is 4.39 Å². The number of halogens is 4. The van der Waals surface area contributed by atoms with Crippen molar-refractivity contribution in [2.24, 2.45) is 0 Å². The van der Waals surface area contributed by atoms with Crippen molar-refractivity contribution in [2.45, 2.75) is 6.92 Å². The van der Waals surface area contributed by atoms with Gasteiger partial charge in [-0.3, -0.25) is 4.79 Å². The molecule has 21 heavy (non-hydrogen) atoms. The van der Waals surface area contributed by atoms with E-state index in [1.54, 1.807) is 19.1 Å². The number of nitrogens with one attached hydrogen (secondary N) is 1. The van der Waals surface area contributed by atoms with Crippen molar-refractivity contribution in [1.29, 1.82) is 0 Å². The average Bonchev–Trinajstić information content (AvgIpc) is 2.37. The number of nitrogen functional groups attached to an aromatic ring is 1. The van der Waals surface area contributed by atoms with Crippen molar-refractivity contribution in [3.05, 3.63) is 54.6 Å². The van der Waals surface area contributed by atoms with Gasteiger partial charge in [-0.05, 0) is 68.6 Å². The number of carbonyl (C=O) groups is 1. The highest BCUT2D eigenvalue weighted by atomic mass is 79.9. The molecule has 0 radical (unpaired) electrons. The molecule has 2 rings (SSSR count). The zero-order valence-electron chi connectivity index (χ0n) is 10.8. The number of benzene rings is 2. The van der Waals surface area contributed by atoms with Crippen LogP contribution in [0.3, 0.4) is 0 Å². The van der Waals surface area contributed by atoms with E-state index in [9.17, 15) is 9.18 Å². The largest absolute Gasteiger partial charge is 0.399 e. The molecule has 0 aliphatic heterocycles. The maximum absolute atomic E-state index is 14.1. The summed E-state index contributed by atoms with van der Waals surface area (Å²) in [6, 6.07) is 6.36.